The largest absolute Gasteiger partial charge is 0.309 e. The minimum Gasteiger partial charge on any atom is -0.309 e. The quantitative estimate of drug-likeness (QED) is 0.176. The summed E-state index contributed by atoms with van der Waals surface area (Å²) in [6.07, 6.45) is 0. The number of nitrogens with zero attached hydrogens (tertiary/aromatic N) is 1. The summed E-state index contributed by atoms with van der Waals surface area (Å²) in [6, 6.07) is 64.5. The van der Waals surface area contributed by atoms with E-state index >= 15 is 0 Å². The van der Waals surface area contributed by atoms with E-state index in [4.69, 9.17) is 0 Å². The van der Waals surface area contributed by atoms with Crippen molar-refractivity contribution >= 4 is 91.7 Å². The minimum atomic E-state index is 1.15. The number of hydrogen-bond donors (Lipinski definition) is 0. The van der Waals surface area contributed by atoms with Crippen molar-refractivity contribution in [2.24, 2.45) is 0 Å². The van der Waals surface area contributed by atoms with Crippen molar-refractivity contribution in [3.63, 3.8) is 0 Å². The average molecular weight is 628 g/mol. The average Bonchev–Trinajstić information content (AvgIpc) is 3.55. The van der Waals surface area contributed by atoms with Crippen LogP contribution in [-0.4, -0.2) is 0 Å². The highest BCUT2D eigenvalue weighted by Crippen LogP contribution is 2.49. The number of rotatable bonds is 4. The molecule has 48 heavy (non-hydrogen) atoms. The van der Waals surface area contributed by atoms with E-state index in [1.165, 1.54) is 85.8 Å². The van der Waals surface area contributed by atoms with Crippen molar-refractivity contribution in [2.75, 3.05) is 4.90 Å². The third-order valence-electron chi connectivity index (χ3n) is 9.82. The molecule has 1 heterocycles. The van der Waals surface area contributed by atoms with Crippen LogP contribution in [0, 0.1) is 0 Å². The van der Waals surface area contributed by atoms with Gasteiger partial charge in [0.1, 0.15) is 0 Å². The van der Waals surface area contributed by atoms with Crippen LogP contribution in [0.15, 0.2) is 176 Å². The van der Waals surface area contributed by atoms with Gasteiger partial charge in [-0.05, 0) is 56.8 Å². The molecule has 0 saturated heterocycles. The second kappa shape index (κ2) is 10.8. The van der Waals surface area contributed by atoms with Gasteiger partial charge in [-0.1, -0.05) is 152 Å². The SMILES string of the molecule is c1ccc(-c2ccccc2N(c2cccc3c2ccc2c4ccccc4sc32)c2cc3ccc4ccccc4c3c3ccccc23)cc1. The molecule has 0 fully saturated rings. The van der Waals surface area contributed by atoms with Crippen LogP contribution in [0.5, 0.6) is 0 Å². The lowest BCUT2D eigenvalue weighted by Crippen LogP contribution is -2.12. The number of benzene rings is 9. The zero-order valence-electron chi connectivity index (χ0n) is 26.1. The van der Waals surface area contributed by atoms with E-state index in [9.17, 15) is 0 Å². The molecule has 0 spiro atoms. The fraction of sp³-hybridized carbons (Fsp3) is 0. The third-order valence-corrected chi connectivity index (χ3v) is 11.0. The van der Waals surface area contributed by atoms with E-state index < -0.39 is 0 Å². The molecule has 0 radical (unpaired) electrons. The maximum Gasteiger partial charge on any atom is 0.0546 e. The van der Waals surface area contributed by atoms with Crippen molar-refractivity contribution in [1.29, 1.82) is 0 Å². The fourth-order valence-corrected chi connectivity index (χ4v) is 8.91. The maximum atomic E-state index is 2.51. The van der Waals surface area contributed by atoms with Crippen LogP contribution in [0.25, 0.3) is 74.4 Å². The fourth-order valence-electron chi connectivity index (χ4n) is 7.68. The summed E-state index contributed by atoms with van der Waals surface area (Å²) in [5.74, 6) is 0. The standard InChI is InChI=1S/C46H29NS/c1-2-13-30(14-3-1)33-16-8-10-22-41(33)47(42-23-12-21-39-36(42)27-28-40-37-19-9-11-24-44(37)48-46(39)40)43-29-32-26-25-31-15-4-5-17-34(31)45(32)38-20-7-6-18-35(38)43/h1-29H. The Kier molecular flexibility index (Phi) is 6.12. The molecule has 0 aliphatic rings. The summed E-state index contributed by atoms with van der Waals surface area (Å²) in [6.45, 7) is 0. The van der Waals surface area contributed by atoms with Gasteiger partial charge in [-0.25, -0.2) is 0 Å². The van der Waals surface area contributed by atoms with Crippen LogP contribution < -0.4 is 4.90 Å². The summed E-state index contributed by atoms with van der Waals surface area (Å²) in [4.78, 5) is 2.51. The summed E-state index contributed by atoms with van der Waals surface area (Å²) in [5, 5.41) is 12.7. The molecule has 0 unspecified atom stereocenters. The minimum absolute atomic E-state index is 1.15. The Labute approximate surface area is 282 Å². The van der Waals surface area contributed by atoms with Crippen LogP contribution in [0.2, 0.25) is 0 Å². The predicted molar refractivity (Wildman–Crippen MR) is 209 cm³/mol. The van der Waals surface area contributed by atoms with Crippen LogP contribution in [0.4, 0.5) is 17.1 Å². The molecule has 9 aromatic carbocycles. The highest BCUT2D eigenvalue weighted by molar-refractivity contribution is 7.26. The molecule has 0 bridgehead atoms. The first-order chi connectivity index (χ1) is 23.8. The van der Waals surface area contributed by atoms with Crippen LogP contribution in [0.3, 0.4) is 0 Å². The lowest BCUT2D eigenvalue weighted by molar-refractivity contribution is 1.32. The predicted octanol–water partition coefficient (Wildman–Crippen LogP) is 13.8. The molecule has 0 aliphatic heterocycles. The Balaban J connectivity index is 1.34. The smallest absolute Gasteiger partial charge is 0.0546 e. The van der Waals surface area contributed by atoms with E-state index in [2.05, 4.69) is 181 Å². The van der Waals surface area contributed by atoms with Crippen molar-refractivity contribution in [2.45, 2.75) is 0 Å². The Morgan fingerprint density at radius 3 is 1.85 bits per heavy atom. The van der Waals surface area contributed by atoms with Gasteiger partial charge in [0.2, 0.25) is 0 Å². The van der Waals surface area contributed by atoms with Gasteiger partial charge in [-0.2, -0.15) is 0 Å². The molecule has 0 atom stereocenters. The van der Waals surface area contributed by atoms with Gasteiger partial charge >= 0.3 is 0 Å². The van der Waals surface area contributed by atoms with Crippen molar-refractivity contribution in [3.05, 3.63) is 176 Å². The van der Waals surface area contributed by atoms with E-state index in [1.54, 1.807) is 0 Å². The number of anilines is 3. The maximum absolute atomic E-state index is 2.51. The van der Waals surface area contributed by atoms with E-state index in [-0.39, 0.29) is 0 Å². The molecule has 1 nitrogen and oxygen atoms in total. The molecule has 1 aromatic heterocycles. The molecule has 2 heteroatoms. The first-order valence-corrected chi connectivity index (χ1v) is 17.3. The normalized spacial score (nSPS) is 11.8. The van der Waals surface area contributed by atoms with Crippen LogP contribution in [-0.2, 0) is 0 Å². The molecule has 0 saturated carbocycles. The Morgan fingerprint density at radius 2 is 0.958 bits per heavy atom. The first-order valence-electron chi connectivity index (χ1n) is 16.4. The van der Waals surface area contributed by atoms with Crippen molar-refractivity contribution in [1.82, 2.24) is 0 Å². The molecule has 0 amide bonds. The van der Waals surface area contributed by atoms with Gasteiger partial charge in [-0.15, -0.1) is 11.3 Å². The number of para-hydroxylation sites is 1. The molecule has 0 N–H and O–H groups in total. The number of thiophene rings is 1. The van der Waals surface area contributed by atoms with Crippen LogP contribution in [0.1, 0.15) is 0 Å². The van der Waals surface area contributed by atoms with Crippen molar-refractivity contribution < 1.29 is 0 Å². The van der Waals surface area contributed by atoms with Crippen molar-refractivity contribution in [3.8, 4) is 11.1 Å². The first kappa shape index (κ1) is 27.2. The molecule has 0 aliphatic carbocycles. The highest BCUT2D eigenvalue weighted by atomic mass is 32.1. The Bertz CT molecular complexity index is 2850. The summed E-state index contributed by atoms with van der Waals surface area (Å²) in [7, 11) is 0. The van der Waals surface area contributed by atoms with Gasteiger partial charge in [0.15, 0.2) is 0 Å². The van der Waals surface area contributed by atoms with Gasteiger partial charge in [0, 0.05) is 41.9 Å². The third kappa shape index (κ3) is 4.10. The van der Waals surface area contributed by atoms with E-state index in [1.807, 2.05) is 11.3 Å². The number of fused-ring (bicyclic) bond motifs is 10. The van der Waals surface area contributed by atoms with Gasteiger partial charge in [0.05, 0.1) is 17.1 Å². The Morgan fingerprint density at radius 1 is 0.354 bits per heavy atom. The zero-order valence-corrected chi connectivity index (χ0v) is 26.9. The monoisotopic (exact) mass is 627 g/mol. The van der Waals surface area contributed by atoms with Gasteiger partial charge in [-0.3, -0.25) is 0 Å². The Hall–Kier alpha value is -5.96. The topological polar surface area (TPSA) is 3.24 Å². The lowest BCUT2D eigenvalue weighted by Gasteiger charge is -2.30. The van der Waals surface area contributed by atoms with Crippen LogP contribution >= 0.6 is 11.3 Å². The summed E-state index contributed by atoms with van der Waals surface area (Å²) < 4.78 is 2.66. The second-order valence-electron chi connectivity index (χ2n) is 12.5. The lowest BCUT2D eigenvalue weighted by atomic mass is 9.93. The van der Waals surface area contributed by atoms with E-state index in [0.717, 1.165) is 5.69 Å². The zero-order chi connectivity index (χ0) is 31.6. The van der Waals surface area contributed by atoms with Gasteiger partial charge in [0.25, 0.3) is 0 Å². The van der Waals surface area contributed by atoms with Gasteiger partial charge < -0.3 is 4.90 Å². The molecule has 10 rings (SSSR count). The summed E-state index contributed by atoms with van der Waals surface area (Å²) >= 11 is 1.89. The molecular weight excluding hydrogens is 599 g/mol. The number of hydrogen-bond acceptors (Lipinski definition) is 2. The second-order valence-corrected chi connectivity index (χ2v) is 13.5. The molecule has 10 aromatic rings. The molecular formula is C46H29NS. The highest BCUT2D eigenvalue weighted by Gasteiger charge is 2.23. The molecule has 224 valence electrons. The summed E-state index contributed by atoms with van der Waals surface area (Å²) in [5.41, 5.74) is 5.88. The van der Waals surface area contributed by atoms with E-state index in [0.29, 0.717) is 0 Å².